The van der Waals surface area contributed by atoms with Crippen LogP contribution in [0.5, 0.6) is 11.5 Å². The number of nitrogens with zero attached hydrogens (tertiary/aromatic N) is 1. The van der Waals surface area contributed by atoms with Crippen molar-refractivity contribution in [1.82, 2.24) is 5.32 Å². The minimum atomic E-state index is -3.12. The summed E-state index contributed by atoms with van der Waals surface area (Å²) in [7, 11) is -3.12. The molecule has 7 nitrogen and oxygen atoms in total. The van der Waals surface area contributed by atoms with E-state index in [0.717, 1.165) is 17.7 Å². The molecule has 31 heavy (non-hydrogen) atoms. The number of hydrogen-bond donors (Lipinski definition) is 2. The third kappa shape index (κ3) is 8.90. The molecule has 0 bridgehead atoms. The molecule has 0 radical (unpaired) electrons. The number of rotatable bonds is 7. The topological polar surface area (TPSA) is 89.0 Å². The van der Waals surface area contributed by atoms with E-state index in [-0.39, 0.29) is 42.1 Å². The lowest BCUT2D eigenvalue weighted by Crippen LogP contribution is -2.33. The fourth-order valence-electron chi connectivity index (χ4n) is 2.86. The number of ether oxygens (including phenoxy) is 2. The maximum atomic E-state index is 13.4. The molecule has 2 N–H and O–H groups in total. The summed E-state index contributed by atoms with van der Waals surface area (Å²) in [6.07, 6.45) is 2.58. The van der Waals surface area contributed by atoms with E-state index in [1.54, 1.807) is 6.07 Å². The van der Waals surface area contributed by atoms with Crippen molar-refractivity contribution in [3.05, 3.63) is 53.8 Å². The maximum Gasteiger partial charge on any atom is 0.195 e. The van der Waals surface area contributed by atoms with Crippen molar-refractivity contribution in [1.29, 1.82) is 0 Å². The normalized spacial score (nSPS) is 13.7. The molecule has 0 unspecified atom stereocenters. The Hall–Kier alpha value is -2.08. The Morgan fingerprint density at radius 2 is 1.90 bits per heavy atom. The molecule has 1 aliphatic heterocycles. The van der Waals surface area contributed by atoms with Gasteiger partial charge in [-0.3, -0.25) is 4.99 Å². The minimum Gasteiger partial charge on any atom is -0.490 e. The fraction of sp³-hybridized carbons (Fsp3) is 0.381. The predicted octanol–water partition coefficient (Wildman–Crippen LogP) is 3.25. The highest BCUT2D eigenvalue weighted by Gasteiger charge is 2.12. The van der Waals surface area contributed by atoms with Crippen LogP contribution in [0, 0.1) is 5.82 Å². The fourth-order valence-corrected chi connectivity index (χ4v) is 3.28. The molecule has 1 heterocycles. The second-order valence-electron chi connectivity index (χ2n) is 7.00. The largest absolute Gasteiger partial charge is 0.490 e. The number of aliphatic imine (C=N–C) groups is 1. The SMILES string of the molecule is CS(=O)(=O)CCN=C(NCCc1cccc(F)c1)Nc1ccc2c(c1)OCCCO2.I. The van der Waals surface area contributed by atoms with Gasteiger partial charge in [0.25, 0.3) is 0 Å². The minimum absolute atomic E-state index is 0. The summed E-state index contributed by atoms with van der Waals surface area (Å²) in [6.45, 7) is 1.81. The van der Waals surface area contributed by atoms with Gasteiger partial charge >= 0.3 is 0 Å². The van der Waals surface area contributed by atoms with Crippen molar-refractivity contribution in [2.75, 3.05) is 43.6 Å². The van der Waals surface area contributed by atoms with E-state index >= 15 is 0 Å². The molecule has 0 saturated heterocycles. The summed E-state index contributed by atoms with van der Waals surface area (Å²) >= 11 is 0. The molecular formula is C21H27FIN3O4S. The van der Waals surface area contributed by atoms with Crippen molar-refractivity contribution in [3.8, 4) is 11.5 Å². The van der Waals surface area contributed by atoms with Crippen LogP contribution in [-0.2, 0) is 16.3 Å². The molecule has 0 fully saturated rings. The Kier molecular flexibility index (Phi) is 9.82. The number of benzene rings is 2. The van der Waals surface area contributed by atoms with Crippen molar-refractivity contribution in [3.63, 3.8) is 0 Å². The first-order chi connectivity index (χ1) is 14.4. The van der Waals surface area contributed by atoms with Crippen LogP contribution in [0.25, 0.3) is 0 Å². The molecule has 0 aliphatic carbocycles. The third-order valence-corrected chi connectivity index (χ3v) is 5.26. The average molecular weight is 563 g/mol. The van der Waals surface area contributed by atoms with Gasteiger partial charge < -0.3 is 20.1 Å². The molecule has 0 aromatic heterocycles. The molecule has 2 aromatic rings. The quantitative estimate of drug-likeness (QED) is 0.306. The van der Waals surface area contributed by atoms with Gasteiger partial charge in [0.1, 0.15) is 15.7 Å². The summed E-state index contributed by atoms with van der Waals surface area (Å²) in [6, 6.07) is 11.9. The van der Waals surface area contributed by atoms with Gasteiger partial charge in [0.15, 0.2) is 17.5 Å². The Morgan fingerprint density at radius 1 is 1.13 bits per heavy atom. The monoisotopic (exact) mass is 563 g/mol. The number of anilines is 1. The molecule has 0 saturated carbocycles. The Bertz CT molecular complexity index is 1000. The van der Waals surface area contributed by atoms with Crippen LogP contribution in [0.3, 0.4) is 0 Å². The summed E-state index contributed by atoms with van der Waals surface area (Å²) in [5, 5.41) is 6.33. The number of nitrogens with one attached hydrogen (secondary N) is 2. The van der Waals surface area contributed by atoms with Gasteiger partial charge in [0, 0.05) is 31.0 Å². The van der Waals surface area contributed by atoms with E-state index in [2.05, 4.69) is 15.6 Å². The first-order valence-electron chi connectivity index (χ1n) is 9.76. The number of fused-ring (bicyclic) bond motifs is 1. The van der Waals surface area contributed by atoms with E-state index in [1.165, 1.54) is 18.4 Å². The number of guanidine groups is 1. The van der Waals surface area contributed by atoms with Gasteiger partial charge in [0.2, 0.25) is 0 Å². The second-order valence-corrected chi connectivity index (χ2v) is 9.26. The van der Waals surface area contributed by atoms with Crippen LogP contribution in [0.15, 0.2) is 47.5 Å². The molecule has 2 aromatic carbocycles. The van der Waals surface area contributed by atoms with Crippen LogP contribution in [0.4, 0.5) is 10.1 Å². The lowest BCUT2D eigenvalue weighted by Gasteiger charge is -2.14. The highest BCUT2D eigenvalue weighted by molar-refractivity contribution is 14.0. The molecule has 3 rings (SSSR count). The zero-order valence-corrected chi connectivity index (χ0v) is 20.4. The summed E-state index contributed by atoms with van der Waals surface area (Å²) in [5.41, 5.74) is 1.59. The first kappa shape index (κ1) is 25.2. The number of hydrogen-bond acceptors (Lipinski definition) is 5. The lowest BCUT2D eigenvalue weighted by molar-refractivity contribution is 0.297. The standard InChI is InChI=1S/C21H26FN3O4S.HI/c1-30(26,27)13-10-24-21(23-9-8-16-4-2-5-17(22)14-16)25-18-6-7-19-20(15-18)29-12-3-11-28-19;/h2,4-7,14-15H,3,8-13H2,1H3,(H2,23,24,25);1H. The number of sulfone groups is 1. The van der Waals surface area contributed by atoms with Crippen LogP contribution in [-0.4, -0.2) is 52.7 Å². The molecule has 0 spiro atoms. The number of halogens is 2. The van der Waals surface area contributed by atoms with E-state index in [9.17, 15) is 12.8 Å². The van der Waals surface area contributed by atoms with Gasteiger partial charge in [-0.2, -0.15) is 0 Å². The van der Waals surface area contributed by atoms with Crippen LogP contribution >= 0.6 is 24.0 Å². The highest BCUT2D eigenvalue weighted by atomic mass is 127. The predicted molar refractivity (Wildman–Crippen MR) is 131 cm³/mol. The van der Waals surface area contributed by atoms with Crippen LogP contribution in [0.1, 0.15) is 12.0 Å². The smallest absolute Gasteiger partial charge is 0.195 e. The summed E-state index contributed by atoms with van der Waals surface area (Å²) < 4.78 is 47.5. The average Bonchev–Trinajstić information content (AvgIpc) is 2.92. The summed E-state index contributed by atoms with van der Waals surface area (Å²) in [4.78, 5) is 4.35. The van der Waals surface area contributed by atoms with Gasteiger partial charge in [0.05, 0.1) is 25.5 Å². The zero-order chi connectivity index (χ0) is 21.4. The molecule has 0 amide bonds. The molecule has 0 atom stereocenters. The second kappa shape index (κ2) is 12.1. The van der Waals surface area contributed by atoms with Crippen molar-refractivity contribution in [2.45, 2.75) is 12.8 Å². The van der Waals surface area contributed by atoms with Crippen molar-refractivity contribution in [2.24, 2.45) is 4.99 Å². The van der Waals surface area contributed by atoms with Crippen LogP contribution in [0.2, 0.25) is 0 Å². The van der Waals surface area contributed by atoms with Crippen molar-refractivity contribution >= 4 is 45.5 Å². The first-order valence-corrected chi connectivity index (χ1v) is 11.8. The van der Waals surface area contributed by atoms with E-state index < -0.39 is 9.84 Å². The van der Waals surface area contributed by atoms with Gasteiger partial charge in [-0.15, -0.1) is 24.0 Å². The van der Waals surface area contributed by atoms with Gasteiger partial charge in [-0.25, -0.2) is 12.8 Å². The molecule has 170 valence electrons. The molecule has 1 aliphatic rings. The van der Waals surface area contributed by atoms with E-state index in [4.69, 9.17) is 9.47 Å². The Morgan fingerprint density at radius 3 is 2.65 bits per heavy atom. The molecular weight excluding hydrogens is 536 g/mol. The van der Waals surface area contributed by atoms with E-state index in [1.807, 2.05) is 24.3 Å². The molecule has 10 heteroatoms. The van der Waals surface area contributed by atoms with Crippen LogP contribution < -0.4 is 20.1 Å². The van der Waals surface area contributed by atoms with E-state index in [0.29, 0.717) is 43.6 Å². The van der Waals surface area contributed by atoms with Crippen molar-refractivity contribution < 1.29 is 22.3 Å². The van der Waals surface area contributed by atoms with Gasteiger partial charge in [-0.1, -0.05) is 12.1 Å². The maximum absolute atomic E-state index is 13.4. The Balaban J connectivity index is 0.00000341. The highest BCUT2D eigenvalue weighted by Crippen LogP contribution is 2.32. The summed E-state index contributed by atoms with van der Waals surface area (Å²) in [5.74, 6) is 1.44. The Labute approximate surface area is 199 Å². The third-order valence-electron chi connectivity index (χ3n) is 4.34. The lowest BCUT2D eigenvalue weighted by atomic mass is 10.1. The zero-order valence-electron chi connectivity index (χ0n) is 17.3. The van der Waals surface area contributed by atoms with Gasteiger partial charge in [-0.05, 0) is 36.2 Å².